The number of ether oxygens (including phenoxy) is 1. The van der Waals surface area contributed by atoms with Crippen LogP contribution in [0.3, 0.4) is 0 Å². The van der Waals surface area contributed by atoms with Gasteiger partial charge in [0, 0.05) is 17.2 Å². The molecule has 15 heteroatoms. The second-order valence-corrected chi connectivity index (χ2v) is 10.1. The maximum absolute atomic E-state index is 14.2. The molecule has 0 bridgehead atoms. The van der Waals surface area contributed by atoms with Crippen LogP contribution in [0.15, 0.2) is 66.7 Å². The number of alkyl halides is 3. The number of nitrogens with zero attached hydrogens (tertiary/aromatic N) is 2. The molecule has 0 saturated carbocycles. The maximum atomic E-state index is 14.2. The second-order valence-electron chi connectivity index (χ2n) is 9.72. The lowest BCUT2D eigenvalue weighted by Gasteiger charge is -2.18. The van der Waals surface area contributed by atoms with E-state index in [1.54, 1.807) is 12.1 Å². The minimum atomic E-state index is -4.97. The van der Waals surface area contributed by atoms with Crippen molar-refractivity contribution in [1.29, 1.82) is 0 Å². The summed E-state index contributed by atoms with van der Waals surface area (Å²) in [6.45, 7) is -0.706. The van der Waals surface area contributed by atoms with Crippen LogP contribution in [-0.4, -0.2) is 33.0 Å². The summed E-state index contributed by atoms with van der Waals surface area (Å²) in [6, 6.07) is 11.4. The molecule has 0 fully saturated rings. The van der Waals surface area contributed by atoms with Crippen LogP contribution in [0.4, 0.5) is 33.5 Å². The topological polar surface area (TPSA) is 125 Å². The first kappa shape index (κ1) is 29.7. The molecule has 45 heavy (non-hydrogen) atoms. The van der Waals surface area contributed by atoms with Crippen LogP contribution in [0.25, 0.3) is 10.9 Å². The van der Waals surface area contributed by atoms with Gasteiger partial charge in [-0.25, -0.2) is 13.7 Å². The van der Waals surface area contributed by atoms with Crippen molar-refractivity contribution in [3.63, 3.8) is 0 Å². The number of carbonyl (C=O) groups is 3. The van der Waals surface area contributed by atoms with Crippen LogP contribution in [0.1, 0.15) is 42.2 Å². The smallest absolute Gasteiger partial charge is 0.416 e. The van der Waals surface area contributed by atoms with E-state index in [2.05, 4.69) is 15.5 Å². The van der Waals surface area contributed by atoms with Crippen LogP contribution >= 0.6 is 11.6 Å². The number of hydrogen-bond donors (Lipinski definition) is 3. The number of H-pyrrole nitrogens is 1. The lowest BCUT2D eigenvalue weighted by Crippen LogP contribution is -2.30. The zero-order valence-corrected chi connectivity index (χ0v) is 23.1. The van der Waals surface area contributed by atoms with E-state index in [0.717, 1.165) is 29.2 Å². The summed E-state index contributed by atoms with van der Waals surface area (Å²) in [6.07, 6.45) is -4.97. The van der Waals surface area contributed by atoms with Gasteiger partial charge in [0.25, 0.3) is 17.7 Å². The number of imide groups is 1. The summed E-state index contributed by atoms with van der Waals surface area (Å²) in [5.74, 6) is -5.92. The number of rotatable bonds is 6. The molecule has 0 aliphatic carbocycles. The molecule has 6 rings (SSSR count). The van der Waals surface area contributed by atoms with E-state index in [-0.39, 0.29) is 55.9 Å². The third-order valence-corrected chi connectivity index (χ3v) is 7.19. The molecule has 2 heterocycles. The van der Waals surface area contributed by atoms with Crippen molar-refractivity contribution in [2.75, 3.05) is 10.2 Å². The van der Waals surface area contributed by atoms with Gasteiger partial charge in [-0.1, -0.05) is 23.7 Å². The van der Waals surface area contributed by atoms with Gasteiger partial charge >= 0.3 is 6.18 Å². The predicted octanol–water partition coefficient (Wildman–Crippen LogP) is 6.85. The van der Waals surface area contributed by atoms with Crippen molar-refractivity contribution >= 4 is 51.7 Å². The van der Waals surface area contributed by atoms with Crippen LogP contribution in [0.2, 0.25) is 5.02 Å². The van der Waals surface area contributed by atoms with Gasteiger partial charge in [-0.05, 0) is 48.5 Å². The van der Waals surface area contributed by atoms with Crippen molar-refractivity contribution in [3.8, 4) is 11.5 Å². The molecule has 5 aromatic rings. The summed E-state index contributed by atoms with van der Waals surface area (Å²) < 4.78 is 74.3. The Labute approximate surface area is 253 Å². The summed E-state index contributed by atoms with van der Waals surface area (Å²) in [4.78, 5) is 40.7. The van der Waals surface area contributed by atoms with Crippen molar-refractivity contribution in [1.82, 2.24) is 10.2 Å². The third-order valence-electron chi connectivity index (χ3n) is 6.88. The Morgan fingerprint density at radius 1 is 0.978 bits per heavy atom. The van der Waals surface area contributed by atoms with Crippen molar-refractivity contribution in [3.05, 3.63) is 111 Å². The molecule has 3 amide bonds. The van der Waals surface area contributed by atoms with E-state index < -0.39 is 59.0 Å². The number of aliphatic hydroxyl groups excluding tert-OH is 1. The minimum Gasteiger partial charge on any atom is -0.453 e. The quantitative estimate of drug-likeness (QED) is 0.137. The van der Waals surface area contributed by atoms with Crippen LogP contribution in [-0.2, 0) is 12.8 Å². The molecular formula is C30H16ClF5N4O5. The number of benzene rings is 4. The molecular weight excluding hydrogens is 627 g/mol. The summed E-state index contributed by atoms with van der Waals surface area (Å²) >= 11 is 6.23. The van der Waals surface area contributed by atoms with E-state index >= 15 is 0 Å². The Morgan fingerprint density at radius 3 is 2.31 bits per heavy atom. The number of halogens is 6. The third kappa shape index (κ3) is 5.23. The lowest BCUT2D eigenvalue weighted by atomic mass is 10.1. The number of aromatic nitrogens is 2. The molecule has 1 aromatic heterocycles. The van der Waals surface area contributed by atoms with Crippen molar-refractivity contribution < 1.29 is 46.2 Å². The number of hydrogen-bond acceptors (Lipinski definition) is 6. The number of aromatic amines is 1. The summed E-state index contributed by atoms with van der Waals surface area (Å²) in [7, 11) is 0. The first-order valence-electron chi connectivity index (χ1n) is 12.8. The van der Waals surface area contributed by atoms with Crippen molar-refractivity contribution in [2.24, 2.45) is 0 Å². The van der Waals surface area contributed by atoms with Gasteiger partial charge < -0.3 is 15.2 Å². The monoisotopic (exact) mass is 642 g/mol. The molecule has 3 N–H and O–H groups in total. The first-order valence-corrected chi connectivity index (χ1v) is 13.2. The highest BCUT2D eigenvalue weighted by molar-refractivity contribution is 6.36. The number of nitrogens with one attached hydrogen (secondary N) is 2. The first-order chi connectivity index (χ1) is 21.4. The standard InChI is InChI=1S/C30H16ClF5N4O5/c31-20-6-5-16(32)11-22(20)45-25-21(37-27(42)13-7-15(30(34,35)36)10-17(33)8-13)9-14(12-41)24-23(25)26(39-38-24)40-28(43)18-3-1-2-4-19(18)29(40)44/h1-11,41H,12H2,(H,37,42)(H,38,39). The summed E-state index contributed by atoms with van der Waals surface area (Å²) in [5, 5.41) is 18.9. The molecule has 0 saturated heterocycles. The maximum Gasteiger partial charge on any atom is 0.416 e. The number of amides is 3. The van der Waals surface area contributed by atoms with Crippen molar-refractivity contribution in [2.45, 2.75) is 12.8 Å². The van der Waals surface area contributed by atoms with E-state index in [4.69, 9.17) is 16.3 Å². The Hall–Kier alpha value is -5.34. The average Bonchev–Trinajstić information content (AvgIpc) is 3.53. The minimum absolute atomic E-state index is 0.0229. The van der Waals surface area contributed by atoms with E-state index in [1.807, 2.05) is 0 Å². The fourth-order valence-electron chi connectivity index (χ4n) is 4.84. The van der Waals surface area contributed by atoms with Crippen LogP contribution in [0, 0.1) is 11.6 Å². The molecule has 228 valence electrons. The number of anilines is 2. The fourth-order valence-corrected chi connectivity index (χ4v) is 4.99. The highest BCUT2D eigenvalue weighted by Crippen LogP contribution is 2.46. The SMILES string of the molecule is O=C(Nc1cc(CO)c2[nH]nc(N3C(=O)c4ccccc4C3=O)c2c1Oc1cc(F)ccc1Cl)c1cc(F)cc(C(F)(F)F)c1. The molecule has 1 aliphatic rings. The molecule has 9 nitrogen and oxygen atoms in total. The Morgan fingerprint density at radius 2 is 1.67 bits per heavy atom. The van der Waals surface area contributed by atoms with Crippen LogP contribution in [0.5, 0.6) is 11.5 Å². The second kappa shape index (κ2) is 11.0. The molecule has 4 aromatic carbocycles. The molecule has 0 atom stereocenters. The molecule has 1 aliphatic heterocycles. The predicted molar refractivity (Wildman–Crippen MR) is 150 cm³/mol. The van der Waals surface area contributed by atoms with Gasteiger partial charge in [0.1, 0.15) is 17.4 Å². The fraction of sp³-hybridized carbons (Fsp3) is 0.0667. The van der Waals surface area contributed by atoms with E-state index in [0.29, 0.717) is 12.1 Å². The molecule has 0 unspecified atom stereocenters. The lowest BCUT2D eigenvalue weighted by molar-refractivity contribution is -0.137. The van der Waals surface area contributed by atoms with Crippen LogP contribution < -0.4 is 15.0 Å². The van der Waals surface area contributed by atoms with Gasteiger partial charge in [-0.3, -0.25) is 19.5 Å². The zero-order valence-electron chi connectivity index (χ0n) is 22.3. The Bertz CT molecular complexity index is 2030. The zero-order chi connectivity index (χ0) is 32.2. The summed E-state index contributed by atoms with van der Waals surface area (Å²) in [5.41, 5.74) is -2.31. The Kier molecular flexibility index (Phi) is 7.25. The number of carbonyl (C=O) groups excluding carboxylic acids is 3. The van der Waals surface area contributed by atoms with Gasteiger partial charge in [0.2, 0.25) is 0 Å². The largest absolute Gasteiger partial charge is 0.453 e. The van der Waals surface area contributed by atoms with Gasteiger partial charge in [0.15, 0.2) is 11.6 Å². The highest BCUT2D eigenvalue weighted by Gasteiger charge is 2.40. The highest BCUT2D eigenvalue weighted by atomic mass is 35.5. The molecule has 0 radical (unpaired) electrons. The normalized spacial score (nSPS) is 13.0. The number of aliphatic hydroxyl groups is 1. The van der Waals surface area contributed by atoms with E-state index in [1.165, 1.54) is 12.1 Å². The Balaban J connectivity index is 1.56. The number of fused-ring (bicyclic) bond motifs is 2. The van der Waals surface area contributed by atoms with E-state index in [9.17, 15) is 41.4 Å². The van der Waals surface area contributed by atoms with Gasteiger partial charge in [-0.15, -0.1) is 0 Å². The molecule has 0 spiro atoms. The van der Waals surface area contributed by atoms with Gasteiger partial charge in [0.05, 0.1) is 44.9 Å². The van der Waals surface area contributed by atoms with Gasteiger partial charge in [-0.2, -0.15) is 18.3 Å². The average molecular weight is 643 g/mol.